The minimum Gasteiger partial charge on any atom is -0.507 e. The first-order chi connectivity index (χ1) is 20.4. The van der Waals surface area contributed by atoms with Crippen LogP contribution in [-0.4, -0.2) is 36.8 Å². The molecule has 0 saturated heterocycles. The number of hydrogen-bond donors (Lipinski definition) is 3. The maximum Gasteiger partial charge on any atom is 0.342 e. The second-order valence-corrected chi connectivity index (χ2v) is 11.0. The molecule has 2 heterocycles. The van der Waals surface area contributed by atoms with Crippen molar-refractivity contribution in [1.29, 1.82) is 0 Å². The average molecular weight is 601 g/mol. The van der Waals surface area contributed by atoms with Crippen LogP contribution in [0.1, 0.15) is 53.3 Å². The van der Waals surface area contributed by atoms with Gasteiger partial charge in [-0.15, -0.1) is 0 Å². The minimum atomic E-state index is -0.441. The fraction of sp³-hybridized carbons (Fsp3) is 0.194. The summed E-state index contributed by atoms with van der Waals surface area (Å²) in [4.78, 5) is 35.0. The van der Waals surface area contributed by atoms with Crippen LogP contribution in [0.25, 0.3) is 22.3 Å². The summed E-state index contributed by atoms with van der Waals surface area (Å²) < 4.78 is 1.37. The summed E-state index contributed by atoms with van der Waals surface area (Å²) in [5.74, 6) is -0.306. The number of phenolic OH excluding ortho intramolecular Hbond substituents is 1. The van der Waals surface area contributed by atoms with Gasteiger partial charge in [-0.25, -0.2) is 9.78 Å². The summed E-state index contributed by atoms with van der Waals surface area (Å²) in [5.41, 5.74) is 4.26. The van der Waals surface area contributed by atoms with Gasteiger partial charge in [0.05, 0.1) is 38.7 Å². The van der Waals surface area contributed by atoms with E-state index in [0.29, 0.717) is 38.0 Å². The van der Waals surface area contributed by atoms with Crippen molar-refractivity contribution in [2.45, 2.75) is 38.1 Å². The molecule has 3 aromatic carbocycles. The Bertz CT molecular complexity index is 1820. The summed E-state index contributed by atoms with van der Waals surface area (Å²) in [6.07, 6.45) is 5.45. The van der Waals surface area contributed by atoms with Gasteiger partial charge in [-0.3, -0.25) is 9.78 Å². The Kier molecular flexibility index (Phi) is 7.78. The van der Waals surface area contributed by atoms with Gasteiger partial charge < -0.3 is 15.7 Å². The number of benzene rings is 3. The lowest BCUT2D eigenvalue weighted by atomic mass is 10.0. The van der Waals surface area contributed by atoms with E-state index < -0.39 is 11.9 Å². The molecule has 212 valence electrons. The highest BCUT2D eigenvalue weighted by atomic mass is 35.5. The van der Waals surface area contributed by atoms with E-state index in [9.17, 15) is 14.7 Å². The normalized spacial score (nSPS) is 13.4. The van der Waals surface area contributed by atoms with Gasteiger partial charge in [0.25, 0.3) is 5.91 Å². The van der Waals surface area contributed by atoms with Gasteiger partial charge in [0.2, 0.25) is 0 Å². The molecule has 1 fully saturated rings. The smallest absolute Gasteiger partial charge is 0.342 e. The van der Waals surface area contributed by atoms with Gasteiger partial charge in [0.15, 0.2) is 0 Å². The van der Waals surface area contributed by atoms with Crippen molar-refractivity contribution in [2.24, 2.45) is 0 Å². The number of fused-ring (bicyclic) bond motifs is 1. The molecule has 2 amide bonds. The number of rotatable bonds is 6. The van der Waals surface area contributed by atoms with Crippen molar-refractivity contribution in [3.05, 3.63) is 99.9 Å². The highest BCUT2D eigenvalue weighted by molar-refractivity contribution is 6.42. The zero-order valence-corrected chi connectivity index (χ0v) is 23.9. The molecule has 0 unspecified atom stereocenters. The predicted octanol–water partition coefficient (Wildman–Crippen LogP) is 7.17. The van der Waals surface area contributed by atoms with Crippen LogP contribution in [0.4, 0.5) is 10.5 Å². The van der Waals surface area contributed by atoms with Crippen LogP contribution in [0.3, 0.4) is 0 Å². The van der Waals surface area contributed by atoms with Crippen LogP contribution in [0.5, 0.6) is 5.75 Å². The Hall–Kier alpha value is -4.47. The van der Waals surface area contributed by atoms with Gasteiger partial charge in [-0.05, 0) is 66.9 Å². The Morgan fingerprint density at radius 1 is 0.952 bits per heavy atom. The van der Waals surface area contributed by atoms with E-state index in [2.05, 4.69) is 25.7 Å². The van der Waals surface area contributed by atoms with E-state index in [1.807, 2.05) is 24.3 Å². The summed E-state index contributed by atoms with van der Waals surface area (Å²) in [6.45, 7) is 0.236. The minimum absolute atomic E-state index is 0.0302. The first-order valence-electron chi connectivity index (χ1n) is 13.5. The highest BCUT2D eigenvalue weighted by Gasteiger charge is 2.26. The number of nitrogens with zero attached hydrogens (tertiary/aromatic N) is 4. The topological polar surface area (TPSA) is 122 Å². The second-order valence-electron chi connectivity index (χ2n) is 10.2. The molecule has 0 spiro atoms. The molecule has 1 aliphatic rings. The van der Waals surface area contributed by atoms with Crippen molar-refractivity contribution in [1.82, 2.24) is 25.1 Å². The van der Waals surface area contributed by atoms with Gasteiger partial charge in [-0.1, -0.05) is 54.2 Å². The number of aromatic nitrogens is 4. The van der Waals surface area contributed by atoms with Gasteiger partial charge in [0.1, 0.15) is 11.4 Å². The third kappa shape index (κ3) is 5.79. The molecule has 3 N–H and O–H groups in total. The molecule has 2 aromatic heterocycles. The van der Waals surface area contributed by atoms with Crippen molar-refractivity contribution < 1.29 is 14.7 Å². The van der Waals surface area contributed by atoms with E-state index in [4.69, 9.17) is 23.2 Å². The standard InChI is InChI=1S/C31H26Cl2N6O3/c32-22-11-9-18(13-23(22)33)16-35-31(42)39-28(19-5-1-2-6-19)15-26(38-39)21-14-20(10-12-29(21)40)36-30(41)27-17-34-24-7-3-4-8-25(24)37-27/h3-4,7-15,17,19,40H,1-2,5-6,16H2,(H,35,42)(H,36,41). The maximum absolute atomic E-state index is 13.3. The lowest BCUT2D eigenvalue weighted by Crippen LogP contribution is -2.30. The third-order valence-corrected chi connectivity index (χ3v) is 8.08. The van der Waals surface area contributed by atoms with E-state index in [0.717, 1.165) is 36.9 Å². The number of carbonyl (C=O) groups excluding carboxylic acids is 2. The van der Waals surface area contributed by atoms with Gasteiger partial charge in [-0.2, -0.15) is 9.78 Å². The predicted molar refractivity (Wildman–Crippen MR) is 162 cm³/mol. The summed E-state index contributed by atoms with van der Waals surface area (Å²) in [5, 5.41) is 21.9. The molecule has 1 aliphatic carbocycles. The molecule has 6 rings (SSSR count). The summed E-state index contributed by atoms with van der Waals surface area (Å²) in [6, 6.07) is 18.6. The molecule has 11 heteroatoms. The van der Waals surface area contributed by atoms with Crippen LogP contribution in [0.2, 0.25) is 10.0 Å². The lowest BCUT2D eigenvalue weighted by molar-refractivity contribution is 0.102. The molecular formula is C31H26Cl2N6O3. The monoisotopic (exact) mass is 600 g/mol. The molecular weight excluding hydrogens is 575 g/mol. The molecule has 5 aromatic rings. The number of halogens is 2. The number of amides is 2. The fourth-order valence-electron chi connectivity index (χ4n) is 5.19. The van der Waals surface area contributed by atoms with Gasteiger partial charge in [0, 0.05) is 23.7 Å². The van der Waals surface area contributed by atoms with Crippen molar-refractivity contribution in [3.8, 4) is 17.0 Å². The van der Waals surface area contributed by atoms with Crippen molar-refractivity contribution in [3.63, 3.8) is 0 Å². The zero-order chi connectivity index (χ0) is 29.2. The first kappa shape index (κ1) is 27.7. The number of para-hydroxylation sites is 2. The van der Waals surface area contributed by atoms with E-state index in [1.54, 1.807) is 36.4 Å². The second kappa shape index (κ2) is 11.8. The molecule has 42 heavy (non-hydrogen) atoms. The summed E-state index contributed by atoms with van der Waals surface area (Å²) >= 11 is 12.1. The van der Waals surface area contributed by atoms with Crippen LogP contribution in [0.15, 0.2) is 72.9 Å². The molecule has 0 bridgehead atoms. The largest absolute Gasteiger partial charge is 0.507 e. The van der Waals surface area contributed by atoms with Gasteiger partial charge >= 0.3 is 6.03 Å². The Labute approximate surface area is 251 Å². The number of carbonyl (C=O) groups is 2. The summed E-state index contributed by atoms with van der Waals surface area (Å²) in [7, 11) is 0. The van der Waals surface area contributed by atoms with Crippen LogP contribution < -0.4 is 10.6 Å². The van der Waals surface area contributed by atoms with E-state index in [-0.39, 0.29) is 23.9 Å². The number of aromatic hydroxyl groups is 1. The molecule has 0 radical (unpaired) electrons. The number of anilines is 1. The molecule has 0 atom stereocenters. The van der Waals surface area contributed by atoms with Crippen LogP contribution in [-0.2, 0) is 6.54 Å². The lowest BCUT2D eigenvalue weighted by Gasteiger charge is -2.12. The third-order valence-electron chi connectivity index (χ3n) is 7.34. The Morgan fingerprint density at radius 2 is 1.74 bits per heavy atom. The average Bonchev–Trinajstić information content (AvgIpc) is 3.69. The first-order valence-corrected chi connectivity index (χ1v) is 14.3. The van der Waals surface area contributed by atoms with Crippen molar-refractivity contribution >= 4 is 51.9 Å². The van der Waals surface area contributed by atoms with E-state index >= 15 is 0 Å². The Balaban J connectivity index is 1.26. The van der Waals surface area contributed by atoms with Crippen LogP contribution in [0, 0.1) is 0 Å². The van der Waals surface area contributed by atoms with Crippen molar-refractivity contribution in [2.75, 3.05) is 5.32 Å². The zero-order valence-electron chi connectivity index (χ0n) is 22.3. The number of nitrogens with one attached hydrogen (secondary N) is 2. The SMILES string of the molecule is O=C(Nc1ccc(O)c(-c2cc(C3CCCC3)n(C(=O)NCc3ccc(Cl)c(Cl)c3)n2)c1)c1cnc2ccccc2n1. The van der Waals surface area contributed by atoms with E-state index in [1.165, 1.54) is 16.9 Å². The molecule has 9 nitrogen and oxygen atoms in total. The maximum atomic E-state index is 13.3. The Morgan fingerprint density at radius 3 is 2.52 bits per heavy atom. The molecule has 1 saturated carbocycles. The number of hydrogen-bond acceptors (Lipinski definition) is 6. The molecule has 0 aliphatic heterocycles. The quantitative estimate of drug-likeness (QED) is 0.177. The van der Waals surface area contributed by atoms with Crippen LogP contribution >= 0.6 is 23.2 Å². The highest BCUT2D eigenvalue weighted by Crippen LogP contribution is 2.38. The fourth-order valence-corrected chi connectivity index (χ4v) is 5.51. The number of phenols is 1.